The Hall–Kier alpha value is -0.830. The minimum Gasteiger partial charge on any atom is -0.473 e. The first-order valence-corrected chi connectivity index (χ1v) is 4.07. The summed E-state index contributed by atoms with van der Waals surface area (Å²) in [5, 5.41) is 7.38. The summed E-state index contributed by atoms with van der Waals surface area (Å²) in [6.45, 7) is 0.523. The molecule has 1 aliphatic rings. The van der Waals surface area contributed by atoms with Gasteiger partial charge in [-0.3, -0.25) is 5.41 Å². The van der Waals surface area contributed by atoms with Crippen molar-refractivity contribution in [2.45, 2.75) is 6.61 Å². The number of benzene rings is 1. The molecule has 0 aromatic heterocycles. The molecule has 0 spiro atoms. The lowest BCUT2D eigenvalue weighted by Crippen LogP contribution is -1.92. The summed E-state index contributed by atoms with van der Waals surface area (Å²) in [7, 11) is 0. The molecule has 11 heavy (non-hydrogen) atoms. The quantitative estimate of drug-likeness (QED) is 0.703. The van der Waals surface area contributed by atoms with Crippen LogP contribution in [0.1, 0.15) is 11.1 Å². The molecule has 1 aliphatic heterocycles. The summed E-state index contributed by atoms with van der Waals surface area (Å²) in [6, 6.07) is 5.77. The molecule has 0 fully saturated rings. The first-order valence-electron chi connectivity index (χ1n) is 3.28. The molecule has 2 rings (SSSR count). The molecule has 3 heteroatoms. The molecule has 0 amide bonds. The van der Waals surface area contributed by atoms with Crippen LogP contribution in [0.2, 0.25) is 0 Å². The van der Waals surface area contributed by atoms with Gasteiger partial charge in [-0.05, 0) is 12.1 Å². The van der Waals surface area contributed by atoms with Crippen molar-refractivity contribution < 1.29 is 4.74 Å². The summed E-state index contributed by atoms with van der Waals surface area (Å²) in [5.41, 5.74) is 1.98. The first kappa shape index (κ1) is 6.85. The van der Waals surface area contributed by atoms with Gasteiger partial charge in [0.1, 0.15) is 6.61 Å². The van der Waals surface area contributed by atoms with E-state index in [1.165, 1.54) is 0 Å². The van der Waals surface area contributed by atoms with Gasteiger partial charge in [0.05, 0.1) is 0 Å². The van der Waals surface area contributed by atoms with Crippen LogP contribution < -0.4 is 0 Å². The molecule has 1 N–H and O–H groups in total. The first-order chi connectivity index (χ1) is 5.29. The highest BCUT2D eigenvalue weighted by atomic mass is 79.9. The Balaban J connectivity index is 2.66. The molecule has 1 heterocycles. The van der Waals surface area contributed by atoms with Crippen LogP contribution in [0.25, 0.3) is 0 Å². The molecule has 1 aromatic rings. The Kier molecular flexibility index (Phi) is 1.46. The van der Waals surface area contributed by atoms with Gasteiger partial charge in [-0.25, -0.2) is 0 Å². The highest BCUT2D eigenvalue weighted by Gasteiger charge is 2.18. The summed E-state index contributed by atoms with van der Waals surface area (Å²) in [5.74, 6) is 0.279. The van der Waals surface area contributed by atoms with Crippen LogP contribution in [-0.2, 0) is 11.3 Å². The van der Waals surface area contributed by atoms with Gasteiger partial charge in [-0.15, -0.1) is 0 Å². The molecule has 0 radical (unpaired) electrons. The molecule has 0 saturated carbocycles. The van der Waals surface area contributed by atoms with Crippen molar-refractivity contribution in [3.63, 3.8) is 0 Å². The molecule has 2 nitrogen and oxygen atoms in total. The Morgan fingerprint density at radius 3 is 3.00 bits per heavy atom. The molecule has 0 bridgehead atoms. The lowest BCUT2D eigenvalue weighted by atomic mass is 10.1. The number of rotatable bonds is 0. The van der Waals surface area contributed by atoms with E-state index in [1.807, 2.05) is 18.2 Å². The number of hydrogen-bond donors (Lipinski definition) is 1. The zero-order chi connectivity index (χ0) is 7.84. The van der Waals surface area contributed by atoms with Gasteiger partial charge in [0, 0.05) is 15.6 Å². The number of nitrogens with one attached hydrogen (secondary N) is 1. The summed E-state index contributed by atoms with van der Waals surface area (Å²) >= 11 is 3.40. The van der Waals surface area contributed by atoms with E-state index < -0.39 is 0 Å². The van der Waals surface area contributed by atoms with Gasteiger partial charge >= 0.3 is 0 Å². The van der Waals surface area contributed by atoms with Crippen molar-refractivity contribution in [2.24, 2.45) is 0 Å². The molecule has 56 valence electrons. The Morgan fingerprint density at radius 1 is 1.45 bits per heavy atom. The van der Waals surface area contributed by atoms with Crippen LogP contribution in [0.15, 0.2) is 22.7 Å². The standard InChI is InChI=1S/C8H6BrNO/c9-7-3-1-2-5-6(7)4-11-8(5)10/h1-3,10H,4H2. The van der Waals surface area contributed by atoms with Crippen molar-refractivity contribution in [2.75, 3.05) is 0 Å². The lowest BCUT2D eigenvalue weighted by molar-refractivity contribution is 0.309. The summed E-state index contributed by atoms with van der Waals surface area (Å²) in [6.07, 6.45) is 0. The van der Waals surface area contributed by atoms with Crippen LogP contribution in [0.5, 0.6) is 0 Å². The van der Waals surface area contributed by atoms with E-state index in [0.29, 0.717) is 6.61 Å². The van der Waals surface area contributed by atoms with Crippen LogP contribution in [0.3, 0.4) is 0 Å². The monoisotopic (exact) mass is 211 g/mol. The normalized spacial score (nSPS) is 14.5. The third-order valence-corrected chi connectivity index (χ3v) is 2.47. The third kappa shape index (κ3) is 0.959. The zero-order valence-electron chi connectivity index (χ0n) is 5.73. The summed E-state index contributed by atoms with van der Waals surface area (Å²) in [4.78, 5) is 0. The second kappa shape index (κ2) is 2.34. The maximum atomic E-state index is 7.38. The van der Waals surface area contributed by atoms with E-state index in [-0.39, 0.29) is 5.90 Å². The predicted octanol–water partition coefficient (Wildman–Crippen LogP) is 2.30. The third-order valence-electron chi connectivity index (χ3n) is 1.72. The largest absolute Gasteiger partial charge is 0.473 e. The van der Waals surface area contributed by atoms with Gasteiger partial charge in [0.15, 0.2) is 0 Å². The van der Waals surface area contributed by atoms with Crippen molar-refractivity contribution in [3.05, 3.63) is 33.8 Å². The van der Waals surface area contributed by atoms with Crippen LogP contribution in [0.4, 0.5) is 0 Å². The van der Waals surface area contributed by atoms with Crippen molar-refractivity contribution in [3.8, 4) is 0 Å². The van der Waals surface area contributed by atoms with Gasteiger partial charge in [0.25, 0.3) is 0 Å². The van der Waals surface area contributed by atoms with Gasteiger partial charge in [-0.2, -0.15) is 0 Å². The lowest BCUT2D eigenvalue weighted by Gasteiger charge is -1.95. The van der Waals surface area contributed by atoms with E-state index in [4.69, 9.17) is 10.1 Å². The van der Waals surface area contributed by atoms with Crippen molar-refractivity contribution in [1.29, 1.82) is 5.41 Å². The molecule has 0 unspecified atom stereocenters. The molecule has 0 saturated heterocycles. The minimum absolute atomic E-state index is 0.279. The average molecular weight is 212 g/mol. The van der Waals surface area contributed by atoms with Crippen LogP contribution in [0, 0.1) is 5.41 Å². The van der Waals surface area contributed by atoms with Crippen molar-refractivity contribution >= 4 is 21.8 Å². The molecular formula is C8H6BrNO. The van der Waals surface area contributed by atoms with Gasteiger partial charge in [0.2, 0.25) is 5.90 Å². The fraction of sp³-hybridized carbons (Fsp3) is 0.125. The number of fused-ring (bicyclic) bond motifs is 1. The fourth-order valence-corrected chi connectivity index (χ4v) is 1.62. The number of halogens is 1. The minimum atomic E-state index is 0.279. The molecular weight excluding hydrogens is 206 g/mol. The average Bonchev–Trinajstić information content (AvgIpc) is 2.35. The second-order valence-corrected chi connectivity index (χ2v) is 3.24. The highest BCUT2D eigenvalue weighted by Crippen LogP contribution is 2.26. The fourth-order valence-electron chi connectivity index (χ4n) is 1.14. The van der Waals surface area contributed by atoms with E-state index in [2.05, 4.69) is 15.9 Å². The topological polar surface area (TPSA) is 33.1 Å². The number of hydrogen-bond acceptors (Lipinski definition) is 2. The van der Waals surface area contributed by atoms with Crippen LogP contribution >= 0.6 is 15.9 Å². The van der Waals surface area contributed by atoms with Gasteiger partial charge in [-0.1, -0.05) is 22.0 Å². The molecule has 1 aromatic carbocycles. The van der Waals surface area contributed by atoms with E-state index in [1.54, 1.807) is 0 Å². The number of ether oxygens (including phenoxy) is 1. The Morgan fingerprint density at radius 2 is 2.27 bits per heavy atom. The highest BCUT2D eigenvalue weighted by molar-refractivity contribution is 9.10. The zero-order valence-corrected chi connectivity index (χ0v) is 7.31. The molecule has 0 atom stereocenters. The van der Waals surface area contributed by atoms with E-state index >= 15 is 0 Å². The predicted molar refractivity (Wildman–Crippen MR) is 45.8 cm³/mol. The van der Waals surface area contributed by atoms with E-state index in [0.717, 1.165) is 15.6 Å². The Bertz CT molecular complexity index is 322. The van der Waals surface area contributed by atoms with Gasteiger partial charge < -0.3 is 4.74 Å². The smallest absolute Gasteiger partial charge is 0.213 e. The maximum Gasteiger partial charge on any atom is 0.213 e. The molecule has 0 aliphatic carbocycles. The maximum absolute atomic E-state index is 7.38. The Labute approximate surface area is 72.8 Å². The van der Waals surface area contributed by atoms with E-state index in [9.17, 15) is 0 Å². The second-order valence-electron chi connectivity index (χ2n) is 2.38. The summed E-state index contributed by atoms with van der Waals surface area (Å²) < 4.78 is 6.08. The van der Waals surface area contributed by atoms with Crippen LogP contribution in [-0.4, -0.2) is 5.90 Å². The SMILES string of the molecule is N=C1OCc2c(Br)cccc21. The van der Waals surface area contributed by atoms with Crippen molar-refractivity contribution in [1.82, 2.24) is 0 Å².